The van der Waals surface area contributed by atoms with E-state index < -0.39 is 5.60 Å². The molecule has 3 aromatic heterocycles. The number of hydrogen-bond donors (Lipinski definition) is 2. The lowest BCUT2D eigenvalue weighted by Crippen LogP contribution is -2.31. The Hall–Kier alpha value is -2.48. The zero-order valence-electron chi connectivity index (χ0n) is 13.7. The Morgan fingerprint density at radius 1 is 1.42 bits per heavy atom. The fourth-order valence-corrected chi connectivity index (χ4v) is 3.48. The second kappa shape index (κ2) is 5.27. The highest BCUT2D eigenvalue weighted by Gasteiger charge is 2.33. The maximum Gasteiger partial charge on any atom is 0.246 e. The molecular formula is C16H20N6O2. The van der Waals surface area contributed by atoms with Crippen molar-refractivity contribution < 1.29 is 9.52 Å². The topological polar surface area (TPSA) is 115 Å². The van der Waals surface area contributed by atoms with E-state index in [4.69, 9.17) is 10.2 Å². The van der Waals surface area contributed by atoms with E-state index in [2.05, 4.69) is 20.1 Å². The molecule has 1 aliphatic rings. The Balaban J connectivity index is 1.81. The fourth-order valence-electron chi connectivity index (χ4n) is 3.48. The smallest absolute Gasteiger partial charge is 0.246 e. The molecule has 0 bridgehead atoms. The molecule has 24 heavy (non-hydrogen) atoms. The zero-order chi connectivity index (χ0) is 16.9. The van der Waals surface area contributed by atoms with Crippen molar-refractivity contribution in [2.75, 3.05) is 5.73 Å². The van der Waals surface area contributed by atoms with Crippen LogP contribution in [-0.2, 0) is 0 Å². The average Bonchev–Trinajstić information content (AvgIpc) is 3.19. The van der Waals surface area contributed by atoms with Crippen molar-refractivity contribution in [2.24, 2.45) is 0 Å². The molecule has 1 saturated carbocycles. The highest BCUT2D eigenvalue weighted by molar-refractivity contribution is 5.66. The molecule has 1 fully saturated rings. The number of nitrogen functional groups attached to an aromatic ring is 1. The van der Waals surface area contributed by atoms with Gasteiger partial charge in [0.15, 0.2) is 17.3 Å². The van der Waals surface area contributed by atoms with Gasteiger partial charge in [0.05, 0.1) is 17.5 Å². The molecule has 3 heterocycles. The molecule has 0 radical (unpaired) electrons. The summed E-state index contributed by atoms with van der Waals surface area (Å²) in [5.74, 6) is 1.52. The monoisotopic (exact) mass is 328 g/mol. The fraction of sp³-hybridized carbons (Fsp3) is 0.500. The van der Waals surface area contributed by atoms with Crippen LogP contribution in [0.4, 0.5) is 5.82 Å². The standard InChI is InChI=1S/C16H20N6O2/c1-9-11(15-18-6-7-24-15)19-12(17)14-20-13(21-22(9)14)10-4-3-5-16(2,23)8-10/h6-7,10,23H,3-5,8H2,1-2H3,(H2,17,19). The third-order valence-corrected chi connectivity index (χ3v) is 4.70. The van der Waals surface area contributed by atoms with Crippen LogP contribution in [0.2, 0.25) is 0 Å². The summed E-state index contributed by atoms with van der Waals surface area (Å²) in [6, 6.07) is 0. The summed E-state index contributed by atoms with van der Waals surface area (Å²) in [5, 5.41) is 15.0. The molecule has 0 saturated heterocycles. The summed E-state index contributed by atoms with van der Waals surface area (Å²) < 4.78 is 7.03. The molecule has 2 atom stereocenters. The Bertz CT molecular complexity index is 884. The van der Waals surface area contributed by atoms with Crippen molar-refractivity contribution in [2.45, 2.75) is 51.0 Å². The Kier molecular flexibility index (Phi) is 3.31. The van der Waals surface area contributed by atoms with E-state index >= 15 is 0 Å². The Morgan fingerprint density at radius 3 is 2.96 bits per heavy atom. The van der Waals surface area contributed by atoms with Crippen LogP contribution in [0.15, 0.2) is 16.9 Å². The molecule has 3 N–H and O–H groups in total. The van der Waals surface area contributed by atoms with Gasteiger partial charge in [-0.1, -0.05) is 0 Å². The maximum atomic E-state index is 10.3. The Morgan fingerprint density at radius 2 is 2.25 bits per heavy atom. The van der Waals surface area contributed by atoms with Crippen molar-refractivity contribution in [1.82, 2.24) is 24.6 Å². The van der Waals surface area contributed by atoms with Crippen molar-refractivity contribution in [3.63, 3.8) is 0 Å². The van der Waals surface area contributed by atoms with Crippen LogP contribution >= 0.6 is 0 Å². The summed E-state index contributed by atoms with van der Waals surface area (Å²) in [5.41, 5.74) is 7.26. The first-order valence-corrected chi connectivity index (χ1v) is 8.09. The predicted octanol–water partition coefficient (Wildman–Crippen LogP) is 2.08. The summed E-state index contributed by atoms with van der Waals surface area (Å²) in [7, 11) is 0. The predicted molar refractivity (Wildman–Crippen MR) is 87.3 cm³/mol. The van der Waals surface area contributed by atoms with Crippen LogP contribution in [0.3, 0.4) is 0 Å². The van der Waals surface area contributed by atoms with E-state index in [0.29, 0.717) is 29.5 Å². The number of oxazole rings is 1. The quantitative estimate of drug-likeness (QED) is 0.740. The van der Waals surface area contributed by atoms with Crippen molar-refractivity contribution in [3.05, 3.63) is 24.0 Å². The van der Waals surface area contributed by atoms with Crippen molar-refractivity contribution in [1.29, 1.82) is 0 Å². The van der Waals surface area contributed by atoms with Crippen LogP contribution in [0, 0.1) is 6.92 Å². The van der Waals surface area contributed by atoms with Gasteiger partial charge in [0.25, 0.3) is 0 Å². The van der Waals surface area contributed by atoms with Crippen molar-refractivity contribution in [3.8, 4) is 11.6 Å². The molecule has 8 heteroatoms. The number of fused-ring (bicyclic) bond motifs is 1. The number of aliphatic hydroxyl groups is 1. The van der Waals surface area contributed by atoms with Gasteiger partial charge in [-0.15, -0.1) is 0 Å². The average molecular weight is 328 g/mol. The van der Waals surface area contributed by atoms with Gasteiger partial charge in [-0.2, -0.15) is 5.10 Å². The van der Waals surface area contributed by atoms with Crippen LogP contribution in [0.25, 0.3) is 17.2 Å². The van der Waals surface area contributed by atoms with Crippen LogP contribution < -0.4 is 5.73 Å². The molecule has 0 aromatic carbocycles. The van der Waals surface area contributed by atoms with E-state index in [1.807, 2.05) is 13.8 Å². The maximum absolute atomic E-state index is 10.3. The van der Waals surface area contributed by atoms with E-state index in [-0.39, 0.29) is 11.7 Å². The summed E-state index contributed by atoms with van der Waals surface area (Å²) >= 11 is 0. The molecule has 1 aliphatic carbocycles. The number of nitrogens with zero attached hydrogens (tertiary/aromatic N) is 5. The number of aryl methyl sites for hydroxylation is 1. The van der Waals surface area contributed by atoms with E-state index in [1.54, 1.807) is 10.7 Å². The molecule has 4 rings (SSSR count). The highest BCUT2D eigenvalue weighted by atomic mass is 16.3. The molecule has 126 valence electrons. The van der Waals surface area contributed by atoms with E-state index in [9.17, 15) is 5.11 Å². The third kappa shape index (κ3) is 2.43. The summed E-state index contributed by atoms with van der Waals surface area (Å²) in [4.78, 5) is 13.1. The van der Waals surface area contributed by atoms with Gasteiger partial charge >= 0.3 is 0 Å². The molecule has 0 aliphatic heterocycles. The molecular weight excluding hydrogens is 308 g/mol. The highest BCUT2D eigenvalue weighted by Crippen LogP contribution is 2.37. The minimum atomic E-state index is -0.664. The SMILES string of the molecule is Cc1c(-c2ncco2)nc(N)c2nc(C3CCCC(C)(O)C3)nn12. The molecule has 8 nitrogen and oxygen atoms in total. The molecule has 0 amide bonds. The number of hydrogen-bond acceptors (Lipinski definition) is 7. The van der Waals surface area contributed by atoms with Crippen LogP contribution in [-0.4, -0.2) is 35.3 Å². The van der Waals surface area contributed by atoms with Gasteiger partial charge in [0.1, 0.15) is 12.0 Å². The minimum Gasteiger partial charge on any atom is -0.443 e. The second-order valence-corrected chi connectivity index (χ2v) is 6.76. The largest absolute Gasteiger partial charge is 0.443 e. The van der Waals surface area contributed by atoms with Gasteiger partial charge in [0, 0.05) is 5.92 Å². The lowest BCUT2D eigenvalue weighted by molar-refractivity contribution is 0.0134. The van der Waals surface area contributed by atoms with Gasteiger partial charge < -0.3 is 15.3 Å². The second-order valence-electron chi connectivity index (χ2n) is 6.76. The molecule has 0 spiro atoms. The first-order chi connectivity index (χ1) is 11.4. The first kappa shape index (κ1) is 15.1. The number of rotatable bonds is 2. The van der Waals surface area contributed by atoms with Gasteiger partial charge in [0.2, 0.25) is 5.89 Å². The van der Waals surface area contributed by atoms with Crippen LogP contribution in [0.5, 0.6) is 0 Å². The van der Waals surface area contributed by atoms with Gasteiger partial charge in [-0.25, -0.2) is 19.5 Å². The van der Waals surface area contributed by atoms with E-state index in [1.165, 1.54) is 6.26 Å². The summed E-state index contributed by atoms with van der Waals surface area (Å²) in [6.07, 6.45) is 6.45. The lowest BCUT2D eigenvalue weighted by atomic mass is 9.79. The number of anilines is 1. The number of nitrogens with two attached hydrogens (primary N) is 1. The molecule has 2 unspecified atom stereocenters. The van der Waals surface area contributed by atoms with E-state index in [0.717, 1.165) is 25.0 Å². The lowest BCUT2D eigenvalue weighted by Gasteiger charge is -2.32. The molecule has 3 aromatic rings. The first-order valence-electron chi connectivity index (χ1n) is 8.09. The minimum absolute atomic E-state index is 0.123. The summed E-state index contributed by atoms with van der Waals surface area (Å²) in [6.45, 7) is 3.76. The van der Waals surface area contributed by atoms with Crippen LogP contribution in [0.1, 0.15) is 50.0 Å². The number of aromatic nitrogens is 5. The van der Waals surface area contributed by atoms with Crippen molar-refractivity contribution >= 4 is 11.5 Å². The zero-order valence-corrected chi connectivity index (χ0v) is 13.7. The Labute approximate surface area is 138 Å². The van der Waals surface area contributed by atoms with Gasteiger partial charge in [-0.3, -0.25) is 0 Å². The normalized spacial score (nSPS) is 24.5. The third-order valence-electron chi connectivity index (χ3n) is 4.70. The van der Waals surface area contributed by atoms with Gasteiger partial charge in [-0.05, 0) is 39.5 Å².